The zero-order chi connectivity index (χ0) is 18.1. The molecular formula is C18H19F2N3O2. The third kappa shape index (κ3) is 6.99. The minimum atomic E-state index is -0.537. The van der Waals surface area contributed by atoms with Crippen molar-refractivity contribution in [1.29, 1.82) is 0 Å². The van der Waals surface area contributed by atoms with E-state index < -0.39 is 4.92 Å². The maximum absolute atomic E-state index is 12.9. The summed E-state index contributed by atoms with van der Waals surface area (Å²) in [6, 6.07) is 12.2. The number of halogens is 2. The molecule has 0 aliphatic heterocycles. The summed E-state index contributed by atoms with van der Waals surface area (Å²) in [5.74, 6) is -0.296. The highest BCUT2D eigenvalue weighted by Crippen LogP contribution is 2.04. The summed E-state index contributed by atoms with van der Waals surface area (Å²) in [4.78, 5) is 10.2. The third-order valence-corrected chi connectivity index (χ3v) is 3.52. The van der Waals surface area contributed by atoms with E-state index in [1.165, 1.54) is 24.3 Å². The van der Waals surface area contributed by atoms with Crippen molar-refractivity contribution < 1.29 is 13.7 Å². The quantitative estimate of drug-likeness (QED) is 0.541. The Kier molecular flexibility index (Phi) is 6.88. The van der Waals surface area contributed by atoms with Crippen molar-refractivity contribution in [3.63, 3.8) is 0 Å². The molecule has 0 unspecified atom stereocenters. The van der Waals surface area contributed by atoms with Gasteiger partial charge in [0.05, 0.1) is 4.92 Å². The molecule has 132 valence electrons. The van der Waals surface area contributed by atoms with Crippen LogP contribution in [0, 0.1) is 21.7 Å². The number of rotatable bonds is 9. The van der Waals surface area contributed by atoms with Crippen LogP contribution >= 0.6 is 0 Å². The summed E-state index contributed by atoms with van der Waals surface area (Å²) in [5.41, 5.74) is 1.86. The number of hydrogen-bond donors (Lipinski definition) is 2. The van der Waals surface area contributed by atoms with Gasteiger partial charge in [0.2, 0.25) is 0 Å². The molecule has 0 fully saturated rings. The summed E-state index contributed by atoms with van der Waals surface area (Å²) in [7, 11) is 0. The Balaban J connectivity index is 1.80. The largest absolute Gasteiger partial charge is 0.366 e. The van der Waals surface area contributed by atoms with Gasteiger partial charge < -0.3 is 10.6 Å². The zero-order valence-corrected chi connectivity index (χ0v) is 13.5. The maximum Gasteiger partial charge on any atom is 0.274 e. The van der Waals surface area contributed by atoms with Crippen LogP contribution in [0.1, 0.15) is 11.1 Å². The van der Waals surface area contributed by atoms with Crippen LogP contribution in [0.5, 0.6) is 0 Å². The average molecular weight is 347 g/mol. The molecule has 0 aliphatic rings. The molecule has 7 heteroatoms. The second-order valence-electron chi connectivity index (χ2n) is 5.43. The first kappa shape index (κ1) is 18.4. The van der Waals surface area contributed by atoms with Crippen molar-refractivity contribution in [2.45, 2.75) is 12.8 Å². The summed E-state index contributed by atoms with van der Waals surface area (Å²) in [6.07, 6.45) is 2.08. The van der Waals surface area contributed by atoms with Gasteiger partial charge in [-0.1, -0.05) is 24.3 Å². The molecule has 0 atom stereocenters. The minimum absolute atomic E-state index is 0.298. The van der Waals surface area contributed by atoms with E-state index in [1.54, 1.807) is 24.3 Å². The highest BCUT2D eigenvalue weighted by atomic mass is 19.1. The Morgan fingerprint density at radius 1 is 0.880 bits per heavy atom. The lowest BCUT2D eigenvalue weighted by Gasteiger charge is -2.11. The van der Waals surface area contributed by atoms with Gasteiger partial charge >= 0.3 is 0 Å². The topological polar surface area (TPSA) is 67.2 Å². The molecule has 0 aliphatic carbocycles. The van der Waals surface area contributed by atoms with Crippen LogP contribution in [-0.2, 0) is 12.8 Å². The van der Waals surface area contributed by atoms with Gasteiger partial charge in [-0.15, -0.1) is 0 Å². The average Bonchev–Trinajstić information content (AvgIpc) is 2.58. The standard InChI is InChI=1S/C18H19F2N3O2/c19-16-5-1-14(2-6-16)9-11-21-18(13-23(24)25)22-12-10-15-3-7-17(20)8-4-15/h1-8,13,21-22H,9-12H2. The van der Waals surface area contributed by atoms with Crippen LogP contribution in [0.4, 0.5) is 8.78 Å². The normalized spacial score (nSPS) is 10.2. The van der Waals surface area contributed by atoms with E-state index >= 15 is 0 Å². The first-order valence-electron chi connectivity index (χ1n) is 7.85. The molecule has 0 amide bonds. The summed E-state index contributed by atoms with van der Waals surface area (Å²) < 4.78 is 25.7. The van der Waals surface area contributed by atoms with E-state index in [0.717, 1.165) is 17.3 Å². The molecule has 0 bridgehead atoms. The van der Waals surface area contributed by atoms with Gasteiger partial charge in [0.15, 0.2) is 5.82 Å². The third-order valence-electron chi connectivity index (χ3n) is 3.52. The fourth-order valence-corrected chi connectivity index (χ4v) is 2.24. The molecular weight excluding hydrogens is 328 g/mol. The van der Waals surface area contributed by atoms with Gasteiger partial charge in [-0.05, 0) is 48.2 Å². The van der Waals surface area contributed by atoms with Crippen molar-refractivity contribution >= 4 is 0 Å². The molecule has 2 aromatic carbocycles. The number of benzene rings is 2. The molecule has 0 saturated carbocycles. The highest BCUT2D eigenvalue weighted by molar-refractivity contribution is 5.17. The second-order valence-corrected chi connectivity index (χ2v) is 5.43. The van der Waals surface area contributed by atoms with E-state index in [0.29, 0.717) is 31.8 Å². The second kappa shape index (κ2) is 9.36. The van der Waals surface area contributed by atoms with E-state index in [2.05, 4.69) is 10.6 Å². The Labute approximate surface area is 144 Å². The summed E-state index contributed by atoms with van der Waals surface area (Å²) >= 11 is 0. The van der Waals surface area contributed by atoms with Crippen molar-refractivity contribution in [1.82, 2.24) is 10.6 Å². The van der Waals surface area contributed by atoms with Gasteiger partial charge in [-0.2, -0.15) is 0 Å². The Bertz CT molecular complexity index is 663. The van der Waals surface area contributed by atoms with Crippen LogP contribution in [0.25, 0.3) is 0 Å². The lowest BCUT2D eigenvalue weighted by atomic mass is 10.1. The van der Waals surface area contributed by atoms with E-state index in [9.17, 15) is 18.9 Å². The molecule has 2 rings (SSSR count). The Morgan fingerprint density at radius 3 is 1.64 bits per heavy atom. The van der Waals surface area contributed by atoms with Gasteiger partial charge in [0, 0.05) is 13.1 Å². The fraction of sp³-hybridized carbons (Fsp3) is 0.222. The van der Waals surface area contributed by atoms with Crippen molar-refractivity contribution in [2.75, 3.05) is 13.1 Å². The predicted octanol–water partition coefficient (Wildman–Crippen LogP) is 3.00. The first-order chi connectivity index (χ1) is 12.0. The molecule has 5 nitrogen and oxygen atoms in total. The lowest BCUT2D eigenvalue weighted by molar-refractivity contribution is -0.404. The van der Waals surface area contributed by atoms with Crippen molar-refractivity contribution in [2.24, 2.45) is 0 Å². The molecule has 25 heavy (non-hydrogen) atoms. The SMILES string of the molecule is O=[N+]([O-])C=C(NCCc1ccc(F)cc1)NCCc1ccc(F)cc1. The van der Waals surface area contributed by atoms with Gasteiger partial charge in [-0.3, -0.25) is 10.1 Å². The molecule has 2 N–H and O–H groups in total. The van der Waals surface area contributed by atoms with Crippen LogP contribution < -0.4 is 10.6 Å². The molecule has 2 aromatic rings. The van der Waals surface area contributed by atoms with E-state index in [4.69, 9.17) is 0 Å². The molecule has 0 saturated heterocycles. The van der Waals surface area contributed by atoms with Crippen LogP contribution in [0.15, 0.2) is 60.6 Å². The van der Waals surface area contributed by atoms with Gasteiger partial charge in [-0.25, -0.2) is 8.78 Å². The lowest BCUT2D eigenvalue weighted by Crippen LogP contribution is -2.30. The van der Waals surface area contributed by atoms with Crippen LogP contribution in [0.2, 0.25) is 0 Å². The molecule has 0 heterocycles. The first-order valence-corrected chi connectivity index (χ1v) is 7.85. The molecule has 0 radical (unpaired) electrons. The van der Waals surface area contributed by atoms with Crippen molar-refractivity contribution in [3.8, 4) is 0 Å². The summed E-state index contributed by atoms with van der Waals surface area (Å²) in [6.45, 7) is 0.934. The van der Waals surface area contributed by atoms with Gasteiger partial charge in [0.25, 0.3) is 6.20 Å². The van der Waals surface area contributed by atoms with E-state index in [1.807, 2.05) is 0 Å². The number of nitrogens with one attached hydrogen (secondary N) is 2. The van der Waals surface area contributed by atoms with Crippen LogP contribution in [0.3, 0.4) is 0 Å². The van der Waals surface area contributed by atoms with Crippen LogP contribution in [-0.4, -0.2) is 18.0 Å². The maximum atomic E-state index is 12.9. The Hall–Kier alpha value is -2.96. The smallest absolute Gasteiger partial charge is 0.274 e. The molecule has 0 aromatic heterocycles. The number of hydrogen-bond acceptors (Lipinski definition) is 4. The molecule has 0 spiro atoms. The van der Waals surface area contributed by atoms with Gasteiger partial charge in [0.1, 0.15) is 11.6 Å². The predicted molar refractivity (Wildman–Crippen MR) is 91.3 cm³/mol. The van der Waals surface area contributed by atoms with E-state index in [-0.39, 0.29) is 11.6 Å². The number of nitrogens with zero attached hydrogens (tertiary/aromatic N) is 1. The van der Waals surface area contributed by atoms with Crippen molar-refractivity contribution in [3.05, 3.63) is 93.4 Å². The minimum Gasteiger partial charge on any atom is -0.366 e. The highest BCUT2D eigenvalue weighted by Gasteiger charge is 2.03. The fourth-order valence-electron chi connectivity index (χ4n) is 2.24. The number of nitro groups is 1. The summed E-state index contributed by atoms with van der Waals surface area (Å²) in [5, 5.41) is 16.6. The Morgan fingerprint density at radius 2 is 1.28 bits per heavy atom. The monoisotopic (exact) mass is 347 g/mol. The zero-order valence-electron chi connectivity index (χ0n) is 13.5.